The normalized spacial score (nSPS) is 20.3. The third kappa shape index (κ3) is 5.66. The Morgan fingerprint density at radius 2 is 1.64 bits per heavy atom. The number of benzene rings is 2. The Hall–Kier alpha value is -2.29. The number of fused-ring (bicyclic) bond motifs is 2. The van der Waals surface area contributed by atoms with Crippen molar-refractivity contribution in [1.82, 2.24) is 4.98 Å². The predicted octanol–water partition coefficient (Wildman–Crippen LogP) is 8.45. The summed E-state index contributed by atoms with van der Waals surface area (Å²) in [6.45, 7) is 12.5. The average molecular weight is 661 g/mol. The van der Waals surface area contributed by atoms with Crippen LogP contribution in [0.5, 0.6) is 0 Å². The largest absolute Gasteiger partial charge is 0.511 e. The molecular formula is C32H38IrNO2-. The minimum absolute atomic E-state index is 0. The summed E-state index contributed by atoms with van der Waals surface area (Å²) in [5.74, 6) is 1.36. The molecule has 0 spiro atoms. The minimum atomic E-state index is -0.284. The Morgan fingerprint density at radius 3 is 2.28 bits per heavy atom. The summed E-state index contributed by atoms with van der Waals surface area (Å²) >= 11 is 0. The maximum absolute atomic E-state index is 12.4. The van der Waals surface area contributed by atoms with Gasteiger partial charge in [0.1, 0.15) is 5.76 Å². The molecule has 0 aliphatic heterocycles. The van der Waals surface area contributed by atoms with E-state index in [2.05, 4.69) is 50.2 Å². The van der Waals surface area contributed by atoms with Crippen LogP contribution in [0.2, 0.25) is 0 Å². The summed E-state index contributed by atoms with van der Waals surface area (Å²) in [7, 11) is 0. The molecule has 1 heterocycles. The van der Waals surface area contributed by atoms with Crippen molar-refractivity contribution in [2.24, 2.45) is 16.7 Å². The van der Waals surface area contributed by atoms with E-state index >= 15 is 0 Å². The molecule has 1 atom stereocenters. The molecule has 1 fully saturated rings. The monoisotopic (exact) mass is 661 g/mol. The number of aliphatic hydroxyl groups excluding tert-OH is 1. The van der Waals surface area contributed by atoms with Gasteiger partial charge in [-0.2, -0.15) is 0 Å². The molecule has 2 aliphatic carbocycles. The van der Waals surface area contributed by atoms with Crippen LogP contribution >= 0.6 is 0 Å². The fourth-order valence-electron chi connectivity index (χ4n) is 5.34. The number of Topliss-reactive ketones (excluding diaryl/α,β-unsaturated/α-hetero) is 1. The van der Waals surface area contributed by atoms with E-state index in [1.54, 1.807) is 0 Å². The summed E-state index contributed by atoms with van der Waals surface area (Å²) in [6.07, 6.45) is 4.04. The van der Waals surface area contributed by atoms with Crippen molar-refractivity contribution in [3.63, 3.8) is 0 Å². The number of aliphatic hydroxyl groups is 1. The van der Waals surface area contributed by atoms with Crippen LogP contribution in [0.3, 0.4) is 0 Å². The molecule has 2 aromatic carbocycles. The number of carbonyl (C=O) groups is 1. The quantitative estimate of drug-likeness (QED) is 0.281. The number of pyridine rings is 1. The van der Waals surface area contributed by atoms with Crippen molar-refractivity contribution < 1.29 is 30.0 Å². The first-order valence-electron chi connectivity index (χ1n) is 12.9. The van der Waals surface area contributed by atoms with E-state index in [-0.39, 0.29) is 36.7 Å². The van der Waals surface area contributed by atoms with Crippen LogP contribution in [0.4, 0.5) is 0 Å². The van der Waals surface area contributed by atoms with Gasteiger partial charge in [0.05, 0.1) is 5.52 Å². The van der Waals surface area contributed by atoms with Crippen LogP contribution in [-0.2, 0) is 24.9 Å². The summed E-state index contributed by atoms with van der Waals surface area (Å²) in [4.78, 5) is 17.1. The number of nitrogens with zero attached hydrogens (tertiary/aromatic N) is 1. The SMILES string of the molecule is CC(C)c1cccc2nc(-c3[c-]cccc3)ccc12.CC1(C)CCC2CCC(C)(C)C(O)=C2C1=O.[Ir]. The second-order valence-electron chi connectivity index (χ2n) is 11.7. The minimum Gasteiger partial charge on any atom is -0.511 e. The Balaban J connectivity index is 0.000000198. The van der Waals surface area contributed by atoms with Gasteiger partial charge in [-0.25, -0.2) is 0 Å². The Bertz CT molecular complexity index is 1260. The molecule has 3 nitrogen and oxygen atoms in total. The molecule has 1 unspecified atom stereocenters. The van der Waals surface area contributed by atoms with E-state index in [4.69, 9.17) is 4.98 Å². The number of carbonyl (C=O) groups excluding carboxylic acids is 1. The maximum Gasteiger partial charge on any atom is 0.168 e. The summed E-state index contributed by atoms with van der Waals surface area (Å²) in [5.41, 5.74) is 4.68. The van der Waals surface area contributed by atoms with Crippen molar-refractivity contribution in [1.29, 1.82) is 0 Å². The number of allylic oxidation sites excluding steroid dienone is 2. The molecule has 36 heavy (non-hydrogen) atoms. The first-order chi connectivity index (χ1) is 16.5. The molecule has 3 aromatic rings. The molecule has 2 aliphatic rings. The maximum atomic E-state index is 12.4. The molecule has 1 aromatic heterocycles. The summed E-state index contributed by atoms with van der Waals surface area (Å²) in [6, 6.07) is 21.8. The molecule has 4 heteroatoms. The molecule has 1 radical (unpaired) electrons. The number of ketones is 1. The van der Waals surface area contributed by atoms with E-state index < -0.39 is 0 Å². The Morgan fingerprint density at radius 1 is 0.944 bits per heavy atom. The Kier molecular flexibility index (Phi) is 8.63. The molecule has 0 saturated heterocycles. The molecule has 5 rings (SSSR count). The molecule has 193 valence electrons. The van der Waals surface area contributed by atoms with E-state index in [9.17, 15) is 9.90 Å². The standard InChI is InChI=1S/C18H16N.C14H22O2.Ir/c1-13(2)15-9-6-10-18-16(15)11-12-17(19-18)14-7-4-3-5-8-14;1-13(2)7-5-9-6-8-14(3,4)12(16)10(9)11(13)15;/h3-7,9-13H,1-2H3;9,15H,5-8H2,1-4H3;/q-1;;. The third-order valence-corrected chi connectivity index (χ3v) is 7.77. The van der Waals surface area contributed by atoms with Gasteiger partial charge in [0, 0.05) is 41.9 Å². The first-order valence-corrected chi connectivity index (χ1v) is 12.9. The van der Waals surface area contributed by atoms with Crippen LogP contribution in [-0.4, -0.2) is 15.9 Å². The zero-order valence-corrected chi connectivity index (χ0v) is 24.7. The van der Waals surface area contributed by atoms with Crippen molar-refractivity contribution in [3.05, 3.63) is 77.6 Å². The first kappa shape index (κ1) is 28.3. The van der Waals surface area contributed by atoms with Gasteiger partial charge in [0.15, 0.2) is 5.78 Å². The van der Waals surface area contributed by atoms with Crippen LogP contribution in [0.25, 0.3) is 22.2 Å². The van der Waals surface area contributed by atoms with Crippen molar-refractivity contribution >= 4 is 16.7 Å². The Labute approximate surface area is 229 Å². The molecule has 0 bridgehead atoms. The fraction of sp³-hybridized carbons (Fsp3) is 0.438. The van der Waals surface area contributed by atoms with Crippen LogP contribution in [0.1, 0.15) is 78.7 Å². The van der Waals surface area contributed by atoms with Gasteiger partial charge >= 0.3 is 0 Å². The van der Waals surface area contributed by atoms with Crippen LogP contribution < -0.4 is 0 Å². The summed E-state index contributed by atoms with van der Waals surface area (Å²) in [5, 5.41) is 11.5. The van der Waals surface area contributed by atoms with Crippen LogP contribution in [0.15, 0.2) is 65.9 Å². The van der Waals surface area contributed by atoms with Gasteiger partial charge in [-0.15, -0.1) is 35.9 Å². The number of rotatable bonds is 2. The van der Waals surface area contributed by atoms with Crippen molar-refractivity contribution in [3.8, 4) is 11.3 Å². The smallest absolute Gasteiger partial charge is 0.168 e. The topological polar surface area (TPSA) is 50.2 Å². The molecule has 1 saturated carbocycles. The van der Waals surface area contributed by atoms with E-state index in [0.29, 0.717) is 17.6 Å². The number of aromatic nitrogens is 1. The second kappa shape index (κ2) is 11.0. The molecule has 1 N–H and O–H groups in total. The van der Waals surface area contributed by atoms with Crippen molar-refractivity contribution in [2.75, 3.05) is 0 Å². The van der Waals surface area contributed by atoms with Crippen LogP contribution in [0, 0.1) is 22.8 Å². The van der Waals surface area contributed by atoms with Gasteiger partial charge in [-0.1, -0.05) is 65.8 Å². The fourth-order valence-corrected chi connectivity index (χ4v) is 5.34. The van der Waals surface area contributed by atoms with E-state index in [0.717, 1.165) is 48.0 Å². The average Bonchev–Trinajstić information content (AvgIpc) is 2.84. The van der Waals surface area contributed by atoms with Gasteiger partial charge in [0.25, 0.3) is 0 Å². The third-order valence-electron chi connectivity index (χ3n) is 7.77. The van der Waals surface area contributed by atoms with E-state index in [1.807, 2.05) is 52.0 Å². The molecule has 0 amide bonds. The zero-order valence-electron chi connectivity index (χ0n) is 22.3. The van der Waals surface area contributed by atoms with Gasteiger partial charge in [-0.05, 0) is 54.8 Å². The second-order valence-corrected chi connectivity index (χ2v) is 11.7. The van der Waals surface area contributed by atoms with E-state index in [1.165, 1.54) is 10.9 Å². The van der Waals surface area contributed by atoms with Gasteiger partial charge in [-0.3, -0.25) is 9.78 Å². The van der Waals surface area contributed by atoms with Crippen molar-refractivity contribution in [2.45, 2.75) is 73.1 Å². The number of hydrogen-bond donors (Lipinski definition) is 1. The van der Waals surface area contributed by atoms with Gasteiger partial charge < -0.3 is 5.11 Å². The number of hydrogen-bond acceptors (Lipinski definition) is 3. The van der Waals surface area contributed by atoms with Gasteiger partial charge in [0.2, 0.25) is 0 Å². The molecular weight excluding hydrogens is 623 g/mol. The predicted molar refractivity (Wildman–Crippen MR) is 144 cm³/mol. The summed E-state index contributed by atoms with van der Waals surface area (Å²) < 4.78 is 0. The zero-order chi connectivity index (χ0) is 25.4.